The molecule has 0 saturated heterocycles. The second-order valence-corrected chi connectivity index (χ2v) is 6.27. The van der Waals surface area contributed by atoms with E-state index >= 15 is 0 Å². The van der Waals surface area contributed by atoms with Crippen LogP contribution in [0.3, 0.4) is 0 Å². The molecule has 1 aromatic carbocycles. The Hall–Kier alpha value is -2.05. The lowest BCUT2D eigenvalue weighted by Gasteiger charge is -2.23. The smallest absolute Gasteiger partial charge is 0.308 e. The number of fused-ring (bicyclic) bond motifs is 1. The Bertz CT molecular complexity index is 742. The van der Waals surface area contributed by atoms with Gasteiger partial charge in [-0.25, -0.2) is 0 Å². The molecule has 1 aromatic heterocycles. The Morgan fingerprint density at radius 3 is 2.80 bits per heavy atom. The highest BCUT2D eigenvalue weighted by molar-refractivity contribution is 6.31. The van der Waals surface area contributed by atoms with E-state index in [1.165, 1.54) is 4.90 Å². The molecule has 2 rings (SSSR count). The first-order valence-electron chi connectivity index (χ1n) is 8.21. The van der Waals surface area contributed by atoms with Crippen molar-refractivity contribution in [3.63, 3.8) is 0 Å². The van der Waals surface area contributed by atoms with E-state index in [1.54, 1.807) is 31.2 Å². The standard InChI is InChI=1S/C18H22ClNO5/c1-3-24-8-4-7-20(11-12(2)18(22)23)17(21)16-10-13-9-14(19)5-6-15(13)25-16/h5-6,9-10,12H,3-4,7-8,11H2,1-2H3,(H,22,23). The summed E-state index contributed by atoms with van der Waals surface area (Å²) in [4.78, 5) is 25.4. The Kier molecular flexibility index (Phi) is 6.84. The number of carbonyl (C=O) groups is 2. The summed E-state index contributed by atoms with van der Waals surface area (Å²) in [5.74, 6) is -1.78. The molecule has 2 aromatic rings. The highest BCUT2D eigenvalue weighted by Crippen LogP contribution is 2.24. The molecule has 0 fully saturated rings. The SMILES string of the molecule is CCOCCCN(CC(C)C(=O)O)C(=O)c1cc2cc(Cl)ccc2o1. The van der Waals surface area contributed by atoms with Gasteiger partial charge in [-0.15, -0.1) is 0 Å². The third kappa shape index (κ3) is 5.21. The molecule has 0 aliphatic heterocycles. The molecular weight excluding hydrogens is 346 g/mol. The van der Waals surface area contributed by atoms with Crippen LogP contribution in [-0.2, 0) is 9.53 Å². The first-order valence-corrected chi connectivity index (χ1v) is 8.59. The number of carbonyl (C=O) groups excluding carboxylic acids is 1. The normalized spacial score (nSPS) is 12.3. The molecular formula is C18H22ClNO5. The summed E-state index contributed by atoms with van der Waals surface area (Å²) >= 11 is 5.96. The number of hydrogen-bond donors (Lipinski definition) is 1. The van der Waals surface area contributed by atoms with Gasteiger partial charge in [-0.1, -0.05) is 18.5 Å². The minimum atomic E-state index is -0.945. The Morgan fingerprint density at radius 2 is 2.12 bits per heavy atom. The first-order chi connectivity index (χ1) is 11.9. The fourth-order valence-corrected chi connectivity index (χ4v) is 2.64. The number of carboxylic acids is 1. The summed E-state index contributed by atoms with van der Waals surface area (Å²) in [6.45, 7) is 5.09. The number of hydrogen-bond acceptors (Lipinski definition) is 4. The number of benzene rings is 1. The third-order valence-electron chi connectivity index (χ3n) is 3.81. The average molecular weight is 368 g/mol. The predicted octanol–water partition coefficient (Wildman–Crippen LogP) is 3.68. The Morgan fingerprint density at radius 1 is 1.36 bits per heavy atom. The number of furan rings is 1. The minimum absolute atomic E-state index is 0.109. The van der Waals surface area contributed by atoms with Crippen molar-refractivity contribution in [2.45, 2.75) is 20.3 Å². The molecule has 1 amide bonds. The summed E-state index contributed by atoms with van der Waals surface area (Å²) in [6, 6.07) is 6.74. The van der Waals surface area contributed by atoms with Crippen LogP contribution in [0.15, 0.2) is 28.7 Å². The van der Waals surface area contributed by atoms with Gasteiger partial charge in [-0.3, -0.25) is 9.59 Å². The van der Waals surface area contributed by atoms with E-state index in [0.29, 0.717) is 36.8 Å². The molecule has 1 heterocycles. The average Bonchev–Trinajstić information content (AvgIpc) is 2.99. The lowest BCUT2D eigenvalue weighted by molar-refractivity contribution is -0.141. The molecule has 1 N–H and O–H groups in total. The van der Waals surface area contributed by atoms with Crippen LogP contribution in [-0.4, -0.2) is 48.2 Å². The van der Waals surface area contributed by atoms with Crippen LogP contribution in [0.1, 0.15) is 30.8 Å². The van der Waals surface area contributed by atoms with Crippen molar-refractivity contribution < 1.29 is 23.8 Å². The van der Waals surface area contributed by atoms with Gasteiger partial charge in [0.15, 0.2) is 5.76 Å². The van der Waals surface area contributed by atoms with Crippen molar-refractivity contribution in [1.29, 1.82) is 0 Å². The van der Waals surface area contributed by atoms with E-state index in [-0.39, 0.29) is 18.2 Å². The summed E-state index contributed by atoms with van der Waals surface area (Å²) in [5.41, 5.74) is 0.563. The number of amides is 1. The van der Waals surface area contributed by atoms with Gasteiger partial charge < -0.3 is 19.2 Å². The van der Waals surface area contributed by atoms with Crippen molar-refractivity contribution in [3.05, 3.63) is 35.0 Å². The van der Waals surface area contributed by atoms with Crippen molar-refractivity contribution in [3.8, 4) is 0 Å². The maximum atomic E-state index is 12.8. The molecule has 0 spiro atoms. The quantitative estimate of drug-likeness (QED) is 0.684. The summed E-state index contributed by atoms with van der Waals surface area (Å²) in [5, 5.41) is 10.4. The van der Waals surface area contributed by atoms with Crippen molar-refractivity contribution >= 4 is 34.4 Å². The second-order valence-electron chi connectivity index (χ2n) is 5.83. The van der Waals surface area contributed by atoms with Gasteiger partial charge in [0.25, 0.3) is 5.91 Å². The zero-order chi connectivity index (χ0) is 18.4. The highest BCUT2D eigenvalue weighted by atomic mass is 35.5. The minimum Gasteiger partial charge on any atom is -0.481 e. The topological polar surface area (TPSA) is 80.0 Å². The molecule has 6 nitrogen and oxygen atoms in total. The monoisotopic (exact) mass is 367 g/mol. The van der Waals surface area contributed by atoms with Gasteiger partial charge in [0.1, 0.15) is 5.58 Å². The molecule has 1 unspecified atom stereocenters. The van der Waals surface area contributed by atoms with Gasteiger partial charge in [-0.2, -0.15) is 0 Å². The number of aliphatic carboxylic acids is 1. The van der Waals surface area contributed by atoms with E-state index in [4.69, 9.17) is 25.9 Å². The molecule has 7 heteroatoms. The van der Waals surface area contributed by atoms with Crippen LogP contribution >= 0.6 is 11.6 Å². The maximum absolute atomic E-state index is 12.8. The highest BCUT2D eigenvalue weighted by Gasteiger charge is 2.24. The van der Waals surface area contributed by atoms with Crippen molar-refractivity contribution in [1.82, 2.24) is 4.90 Å². The Labute approximate surface area is 151 Å². The fourth-order valence-electron chi connectivity index (χ4n) is 2.46. The molecule has 0 bridgehead atoms. The number of halogens is 1. The molecule has 136 valence electrons. The largest absolute Gasteiger partial charge is 0.481 e. The van der Waals surface area contributed by atoms with Crippen LogP contribution < -0.4 is 0 Å². The lowest BCUT2D eigenvalue weighted by atomic mass is 10.1. The third-order valence-corrected chi connectivity index (χ3v) is 4.05. The maximum Gasteiger partial charge on any atom is 0.308 e. The van der Waals surface area contributed by atoms with E-state index in [9.17, 15) is 9.59 Å². The molecule has 25 heavy (non-hydrogen) atoms. The lowest BCUT2D eigenvalue weighted by Crippen LogP contribution is -2.37. The number of ether oxygens (including phenoxy) is 1. The zero-order valence-corrected chi connectivity index (χ0v) is 15.1. The molecule has 0 saturated carbocycles. The van der Waals surface area contributed by atoms with E-state index in [2.05, 4.69) is 0 Å². The van der Waals surface area contributed by atoms with Gasteiger partial charge in [0, 0.05) is 36.7 Å². The van der Waals surface area contributed by atoms with Crippen molar-refractivity contribution in [2.75, 3.05) is 26.3 Å². The number of rotatable bonds is 9. The summed E-state index contributed by atoms with van der Waals surface area (Å²) in [7, 11) is 0. The summed E-state index contributed by atoms with van der Waals surface area (Å²) in [6.07, 6.45) is 0.623. The van der Waals surface area contributed by atoms with E-state index < -0.39 is 11.9 Å². The zero-order valence-electron chi connectivity index (χ0n) is 14.3. The fraction of sp³-hybridized carbons (Fsp3) is 0.444. The Balaban J connectivity index is 2.17. The molecule has 0 aliphatic rings. The van der Waals surface area contributed by atoms with Crippen LogP contribution in [0, 0.1) is 5.92 Å². The second kappa shape index (κ2) is 8.87. The molecule has 0 radical (unpaired) electrons. The number of carboxylic acid groups (broad SMARTS) is 1. The van der Waals surface area contributed by atoms with Gasteiger partial charge in [0.2, 0.25) is 0 Å². The van der Waals surface area contributed by atoms with Crippen LogP contribution in [0.4, 0.5) is 0 Å². The van der Waals surface area contributed by atoms with Crippen molar-refractivity contribution in [2.24, 2.45) is 5.92 Å². The summed E-state index contributed by atoms with van der Waals surface area (Å²) < 4.78 is 10.9. The van der Waals surface area contributed by atoms with Gasteiger partial charge in [0.05, 0.1) is 5.92 Å². The number of nitrogens with zero attached hydrogens (tertiary/aromatic N) is 1. The van der Waals surface area contributed by atoms with Crippen LogP contribution in [0.25, 0.3) is 11.0 Å². The molecule has 1 atom stereocenters. The van der Waals surface area contributed by atoms with Gasteiger partial charge >= 0.3 is 5.97 Å². The van der Waals surface area contributed by atoms with E-state index in [1.807, 2.05) is 6.92 Å². The van der Waals surface area contributed by atoms with Crippen LogP contribution in [0.2, 0.25) is 5.02 Å². The molecule has 0 aliphatic carbocycles. The predicted molar refractivity (Wildman–Crippen MR) is 95.0 cm³/mol. The van der Waals surface area contributed by atoms with E-state index in [0.717, 1.165) is 5.39 Å². The first kappa shape index (κ1) is 19.3. The van der Waals surface area contributed by atoms with Gasteiger partial charge in [-0.05, 0) is 37.6 Å². The van der Waals surface area contributed by atoms with Crippen LogP contribution in [0.5, 0.6) is 0 Å².